The van der Waals surface area contributed by atoms with E-state index in [0.717, 1.165) is 35.5 Å². The second-order valence-electron chi connectivity index (χ2n) is 6.94. The molecule has 21 heavy (non-hydrogen) atoms. The lowest BCUT2D eigenvalue weighted by molar-refractivity contribution is 0.273. The van der Waals surface area contributed by atoms with Crippen LogP contribution in [0.5, 0.6) is 5.75 Å². The topological polar surface area (TPSA) is 34.1 Å². The maximum atomic E-state index is 5.99. The Morgan fingerprint density at radius 1 is 1.19 bits per heavy atom. The molecule has 0 saturated carbocycles. The Labute approximate surface area is 127 Å². The fourth-order valence-corrected chi connectivity index (χ4v) is 2.02. The minimum Gasteiger partial charge on any atom is -0.493 e. The molecule has 0 aliphatic rings. The van der Waals surface area contributed by atoms with Gasteiger partial charge in [0.05, 0.1) is 17.8 Å². The van der Waals surface area contributed by atoms with Gasteiger partial charge >= 0.3 is 0 Å². The average Bonchev–Trinajstić information content (AvgIpc) is 2.41. The predicted molar refractivity (Wildman–Crippen MR) is 88.7 cm³/mol. The summed E-state index contributed by atoms with van der Waals surface area (Å²) in [7, 11) is 0. The van der Waals surface area contributed by atoms with Crippen LogP contribution in [0.1, 0.15) is 40.3 Å². The monoisotopic (exact) mass is 286 g/mol. The van der Waals surface area contributed by atoms with E-state index in [1.807, 2.05) is 18.2 Å². The van der Waals surface area contributed by atoms with Crippen LogP contribution in [0.25, 0.3) is 10.9 Å². The van der Waals surface area contributed by atoms with Crippen LogP contribution in [0.2, 0.25) is 0 Å². The van der Waals surface area contributed by atoms with Crippen molar-refractivity contribution in [3.05, 3.63) is 36.0 Å². The quantitative estimate of drug-likeness (QED) is 0.896. The summed E-state index contributed by atoms with van der Waals surface area (Å²) in [6, 6.07) is 10.2. The van der Waals surface area contributed by atoms with Gasteiger partial charge in [-0.2, -0.15) is 0 Å². The number of rotatable bonds is 5. The molecule has 0 amide bonds. The minimum absolute atomic E-state index is 0.0757. The second kappa shape index (κ2) is 6.44. The van der Waals surface area contributed by atoms with Crippen molar-refractivity contribution in [1.82, 2.24) is 10.3 Å². The maximum Gasteiger partial charge on any atom is 0.130 e. The van der Waals surface area contributed by atoms with Gasteiger partial charge in [0.1, 0.15) is 5.75 Å². The van der Waals surface area contributed by atoms with Gasteiger partial charge in [-0.1, -0.05) is 26.0 Å². The van der Waals surface area contributed by atoms with E-state index >= 15 is 0 Å². The van der Waals surface area contributed by atoms with Gasteiger partial charge in [-0.15, -0.1) is 0 Å². The lowest BCUT2D eigenvalue weighted by atomic mass is 10.1. The van der Waals surface area contributed by atoms with Gasteiger partial charge < -0.3 is 10.1 Å². The van der Waals surface area contributed by atoms with Crippen molar-refractivity contribution in [2.24, 2.45) is 5.92 Å². The number of nitrogens with zero attached hydrogens (tertiary/aromatic N) is 1. The number of nitrogens with one attached hydrogen (secondary N) is 1. The Hall–Kier alpha value is -1.61. The van der Waals surface area contributed by atoms with Crippen molar-refractivity contribution in [3.63, 3.8) is 0 Å². The molecule has 0 unspecified atom stereocenters. The van der Waals surface area contributed by atoms with Crippen molar-refractivity contribution in [2.75, 3.05) is 6.61 Å². The summed E-state index contributed by atoms with van der Waals surface area (Å²) in [6.07, 6.45) is 0. The van der Waals surface area contributed by atoms with Gasteiger partial charge in [0.15, 0.2) is 0 Å². The third-order valence-electron chi connectivity index (χ3n) is 3.10. The molecular weight excluding hydrogens is 260 g/mol. The Morgan fingerprint density at radius 2 is 1.90 bits per heavy atom. The van der Waals surface area contributed by atoms with E-state index in [1.165, 1.54) is 0 Å². The molecule has 3 nitrogen and oxygen atoms in total. The number of aromatic nitrogens is 1. The SMILES string of the molecule is CC(C)COc1cc(CNC(C)(C)C)nc2ccccc12. The van der Waals surface area contributed by atoms with Gasteiger partial charge in [0.25, 0.3) is 0 Å². The molecule has 0 aliphatic heterocycles. The number of fused-ring (bicyclic) bond motifs is 1. The van der Waals surface area contributed by atoms with E-state index in [1.54, 1.807) is 0 Å². The molecule has 0 bridgehead atoms. The van der Waals surface area contributed by atoms with E-state index in [4.69, 9.17) is 9.72 Å². The highest BCUT2D eigenvalue weighted by Gasteiger charge is 2.11. The first-order valence-electron chi connectivity index (χ1n) is 7.61. The molecule has 0 fully saturated rings. The second-order valence-corrected chi connectivity index (χ2v) is 6.94. The zero-order chi connectivity index (χ0) is 15.5. The smallest absolute Gasteiger partial charge is 0.130 e. The van der Waals surface area contributed by atoms with E-state index < -0.39 is 0 Å². The first-order chi connectivity index (χ1) is 9.85. The summed E-state index contributed by atoms with van der Waals surface area (Å²) >= 11 is 0. The van der Waals surface area contributed by atoms with E-state index in [2.05, 4.69) is 52.1 Å². The van der Waals surface area contributed by atoms with Gasteiger partial charge in [0.2, 0.25) is 0 Å². The van der Waals surface area contributed by atoms with Crippen LogP contribution >= 0.6 is 0 Å². The van der Waals surface area contributed by atoms with Crippen molar-refractivity contribution >= 4 is 10.9 Å². The molecule has 2 rings (SSSR count). The van der Waals surface area contributed by atoms with Crippen LogP contribution in [0.15, 0.2) is 30.3 Å². The molecule has 0 radical (unpaired) electrons. The number of ether oxygens (including phenoxy) is 1. The van der Waals surface area contributed by atoms with E-state index in [0.29, 0.717) is 5.92 Å². The lowest BCUT2D eigenvalue weighted by Crippen LogP contribution is -2.35. The molecule has 2 aromatic rings. The number of para-hydroxylation sites is 1. The summed E-state index contributed by atoms with van der Waals surface area (Å²) in [5.41, 5.74) is 2.08. The summed E-state index contributed by atoms with van der Waals surface area (Å²) in [6.45, 7) is 12.3. The summed E-state index contributed by atoms with van der Waals surface area (Å²) in [5.74, 6) is 1.44. The van der Waals surface area contributed by atoms with Crippen molar-refractivity contribution in [1.29, 1.82) is 0 Å². The van der Waals surface area contributed by atoms with Crippen LogP contribution in [0.3, 0.4) is 0 Å². The summed E-state index contributed by atoms with van der Waals surface area (Å²) < 4.78 is 5.99. The molecule has 1 heterocycles. The molecule has 0 aliphatic carbocycles. The predicted octanol–water partition coefficient (Wildman–Crippen LogP) is 4.16. The number of hydrogen-bond donors (Lipinski definition) is 1. The molecule has 0 saturated heterocycles. The largest absolute Gasteiger partial charge is 0.493 e. The Kier molecular flexibility index (Phi) is 4.84. The standard InChI is InChI=1S/C18H26N2O/c1-13(2)12-21-17-10-14(11-19-18(3,4)5)20-16-9-7-6-8-15(16)17/h6-10,13,19H,11-12H2,1-5H3. The Morgan fingerprint density at radius 3 is 2.57 bits per heavy atom. The van der Waals surface area contributed by atoms with Crippen LogP contribution < -0.4 is 10.1 Å². The van der Waals surface area contributed by atoms with Crippen molar-refractivity contribution in [3.8, 4) is 5.75 Å². The third kappa shape index (κ3) is 4.71. The molecule has 1 aromatic heterocycles. The Balaban J connectivity index is 2.30. The van der Waals surface area contributed by atoms with E-state index in [-0.39, 0.29) is 5.54 Å². The first kappa shape index (κ1) is 15.8. The minimum atomic E-state index is 0.0757. The fourth-order valence-electron chi connectivity index (χ4n) is 2.02. The van der Waals surface area contributed by atoms with Gasteiger partial charge in [-0.25, -0.2) is 0 Å². The van der Waals surface area contributed by atoms with Crippen LogP contribution in [-0.2, 0) is 6.54 Å². The zero-order valence-electron chi connectivity index (χ0n) is 13.7. The fraction of sp³-hybridized carbons (Fsp3) is 0.500. The average molecular weight is 286 g/mol. The molecule has 1 aromatic carbocycles. The van der Waals surface area contributed by atoms with Gasteiger partial charge in [0, 0.05) is 23.5 Å². The van der Waals surface area contributed by atoms with Crippen LogP contribution in [0, 0.1) is 5.92 Å². The van der Waals surface area contributed by atoms with Gasteiger partial charge in [-0.3, -0.25) is 4.98 Å². The maximum absolute atomic E-state index is 5.99. The highest BCUT2D eigenvalue weighted by Crippen LogP contribution is 2.26. The summed E-state index contributed by atoms with van der Waals surface area (Å²) in [5, 5.41) is 4.56. The summed E-state index contributed by atoms with van der Waals surface area (Å²) in [4.78, 5) is 4.72. The van der Waals surface area contributed by atoms with Gasteiger partial charge in [-0.05, 0) is 38.8 Å². The molecule has 0 spiro atoms. The Bertz CT molecular complexity index is 600. The number of benzene rings is 1. The molecular formula is C18H26N2O. The van der Waals surface area contributed by atoms with Crippen molar-refractivity contribution < 1.29 is 4.74 Å². The highest BCUT2D eigenvalue weighted by molar-refractivity contribution is 5.85. The molecule has 3 heteroatoms. The first-order valence-corrected chi connectivity index (χ1v) is 7.61. The zero-order valence-corrected chi connectivity index (χ0v) is 13.7. The normalized spacial score (nSPS) is 12.1. The number of pyridine rings is 1. The third-order valence-corrected chi connectivity index (χ3v) is 3.10. The highest BCUT2D eigenvalue weighted by atomic mass is 16.5. The lowest BCUT2D eigenvalue weighted by Gasteiger charge is -2.21. The van der Waals surface area contributed by atoms with Crippen LogP contribution in [-0.4, -0.2) is 17.1 Å². The molecule has 1 N–H and O–H groups in total. The number of hydrogen-bond acceptors (Lipinski definition) is 3. The van der Waals surface area contributed by atoms with E-state index in [9.17, 15) is 0 Å². The molecule has 0 atom stereocenters. The van der Waals surface area contributed by atoms with Crippen LogP contribution in [0.4, 0.5) is 0 Å². The van der Waals surface area contributed by atoms with Crippen molar-refractivity contribution in [2.45, 2.75) is 46.7 Å². The molecule has 114 valence electrons.